The van der Waals surface area contributed by atoms with Gasteiger partial charge in [0.1, 0.15) is 0 Å². The average Bonchev–Trinajstić information content (AvgIpc) is 2.82. The second-order valence-electron chi connectivity index (χ2n) is 9.89. The van der Waals surface area contributed by atoms with Gasteiger partial charge in [0, 0.05) is 6.10 Å². The number of rotatable bonds is 10. The molecule has 27 heavy (non-hydrogen) atoms. The molecule has 0 radical (unpaired) electrons. The Hall–Kier alpha value is -0.0982. The van der Waals surface area contributed by atoms with Gasteiger partial charge in [-0.1, -0.05) is 52.0 Å². The van der Waals surface area contributed by atoms with Gasteiger partial charge in [-0.3, -0.25) is 0 Å². The molecule has 1 fully saturated rings. The van der Waals surface area contributed by atoms with Gasteiger partial charge in [-0.2, -0.15) is 0 Å². The van der Waals surface area contributed by atoms with Crippen LogP contribution in [0.1, 0.15) is 92.9 Å². The second kappa shape index (κ2) is 9.60. The summed E-state index contributed by atoms with van der Waals surface area (Å²) in [6.07, 6.45) is 12.5. The normalized spacial score (nSPS) is 26.7. The molecule has 0 bridgehead atoms. The zero-order valence-electron chi connectivity index (χ0n) is 19.0. The molecule has 1 heterocycles. The SMILES string of the molecule is CCCCC[Si](C)(CCCC)OC1CC=C(B2OC(C)(C)C(C)(C)O2)CC1. The van der Waals surface area contributed by atoms with E-state index >= 15 is 0 Å². The van der Waals surface area contributed by atoms with E-state index in [4.69, 9.17) is 13.7 Å². The van der Waals surface area contributed by atoms with Crippen molar-refractivity contribution in [3.05, 3.63) is 11.5 Å². The van der Waals surface area contributed by atoms with E-state index in [1.807, 2.05) is 0 Å². The summed E-state index contributed by atoms with van der Waals surface area (Å²) in [6, 6.07) is 2.64. The number of unbranched alkanes of at least 4 members (excludes halogenated alkanes) is 3. The molecule has 0 amide bonds. The van der Waals surface area contributed by atoms with Crippen molar-refractivity contribution in [3.8, 4) is 0 Å². The number of allylic oxidation sites excluding steroid dienone is 1. The molecule has 0 saturated carbocycles. The smallest absolute Gasteiger partial charge is 0.414 e. The van der Waals surface area contributed by atoms with Crippen molar-refractivity contribution in [1.82, 2.24) is 0 Å². The van der Waals surface area contributed by atoms with E-state index in [0.29, 0.717) is 6.10 Å². The second-order valence-corrected chi connectivity index (χ2v) is 14.0. The van der Waals surface area contributed by atoms with Crippen LogP contribution in [0.5, 0.6) is 0 Å². The van der Waals surface area contributed by atoms with Crippen molar-refractivity contribution in [2.45, 2.75) is 129 Å². The lowest BCUT2D eigenvalue weighted by atomic mass is 9.72. The lowest BCUT2D eigenvalue weighted by molar-refractivity contribution is 0.00578. The van der Waals surface area contributed by atoms with E-state index in [2.05, 4.69) is 54.2 Å². The van der Waals surface area contributed by atoms with Crippen LogP contribution < -0.4 is 0 Å². The Labute approximate surface area is 169 Å². The Morgan fingerprint density at radius 1 is 1.04 bits per heavy atom. The Morgan fingerprint density at radius 3 is 2.15 bits per heavy atom. The van der Waals surface area contributed by atoms with Crippen LogP contribution in [-0.4, -0.2) is 32.7 Å². The van der Waals surface area contributed by atoms with Crippen molar-refractivity contribution in [1.29, 1.82) is 0 Å². The molecule has 2 rings (SSSR count). The minimum atomic E-state index is -1.59. The third kappa shape index (κ3) is 6.19. The third-order valence-corrected chi connectivity index (χ3v) is 10.5. The van der Waals surface area contributed by atoms with Gasteiger partial charge >= 0.3 is 7.12 Å². The Morgan fingerprint density at radius 2 is 1.63 bits per heavy atom. The van der Waals surface area contributed by atoms with E-state index in [1.54, 1.807) is 0 Å². The molecule has 0 N–H and O–H groups in total. The van der Waals surface area contributed by atoms with Crippen LogP contribution in [0.3, 0.4) is 0 Å². The first-order valence-electron chi connectivity index (χ1n) is 11.3. The highest BCUT2D eigenvalue weighted by Gasteiger charge is 2.52. The van der Waals surface area contributed by atoms with Crippen molar-refractivity contribution in [3.63, 3.8) is 0 Å². The van der Waals surface area contributed by atoms with Gasteiger partial charge in [0.05, 0.1) is 11.2 Å². The number of hydrogen-bond acceptors (Lipinski definition) is 3. The maximum absolute atomic E-state index is 6.83. The van der Waals surface area contributed by atoms with Crippen LogP contribution in [0.4, 0.5) is 0 Å². The Balaban J connectivity index is 1.92. The van der Waals surface area contributed by atoms with Crippen LogP contribution in [0.25, 0.3) is 0 Å². The van der Waals surface area contributed by atoms with Gasteiger partial charge in [0.25, 0.3) is 0 Å². The summed E-state index contributed by atoms with van der Waals surface area (Å²) in [6.45, 7) is 15.6. The van der Waals surface area contributed by atoms with Gasteiger partial charge in [-0.25, -0.2) is 0 Å². The molecule has 3 nitrogen and oxygen atoms in total. The summed E-state index contributed by atoms with van der Waals surface area (Å²) in [5.41, 5.74) is 0.810. The van der Waals surface area contributed by atoms with E-state index < -0.39 is 8.32 Å². The summed E-state index contributed by atoms with van der Waals surface area (Å²) in [4.78, 5) is 0. The fourth-order valence-corrected chi connectivity index (χ4v) is 7.69. The van der Waals surface area contributed by atoms with Gasteiger partial charge in [-0.05, 0) is 71.1 Å². The van der Waals surface area contributed by atoms with Crippen LogP contribution in [0.2, 0.25) is 18.6 Å². The standard InChI is InChI=1S/C22H43BO3Si/c1-8-10-12-18-27(7,17-11-9-2)24-20-15-13-19(14-16-20)23-25-21(3,4)22(5,6)26-23/h13,20H,8-12,14-18H2,1-7H3. The van der Waals surface area contributed by atoms with Gasteiger partial charge in [0.2, 0.25) is 0 Å². The van der Waals surface area contributed by atoms with Gasteiger partial charge < -0.3 is 13.7 Å². The largest absolute Gasteiger partial charge is 0.490 e. The molecule has 5 heteroatoms. The minimum absolute atomic E-state index is 0.177. The molecule has 0 aromatic rings. The molecule has 2 atom stereocenters. The van der Waals surface area contributed by atoms with Crippen LogP contribution in [-0.2, 0) is 13.7 Å². The highest BCUT2D eigenvalue weighted by molar-refractivity contribution is 6.72. The van der Waals surface area contributed by atoms with Gasteiger partial charge in [-0.15, -0.1) is 0 Å². The van der Waals surface area contributed by atoms with Crippen LogP contribution >= 0.6 is 0 Å². The lowest BCUT2D eigenvalue weighted by Crippen LogP contribution is -2.41. The predicted molar refractivity (Wildman–Crippen MR) is 119 cm³/mol. The maximum atomic E-state index is 6.83. The van der Waals surface area contributed by atoms with Gasteiger partial charge in [0.15, 0.2) is 8.32 Å². The highest BCUT2D eigenvalue weighted by Crippen LogP contribution is 2.40. The molecular weight excluding hydrogens is 351 g/mol. The molecular formula is C22H43BO3Si. The molecule has 0 aromatic heterocycles. The van der Waals surface area contributed by atoms with E-state index in [9.17, 15) is 0 Å². The summed E-state index contributed by atoms with van der Waals surface area (Å²) >= 11 is 0. The first-order chi connectivity index (χ1) is 12.6. The van der Waals surface area contributed by atoms with Crippen LogP contribution in [0.15, 0.2) is 11.5 Å². The number of hydrogen-bond donors (Lipinski definition) is 0. The summed E-state index contributed by atoms with van der Waals surface area (Å²) < 4.78 is 19.3. The summed E-state index contributed by atoms with van der Waals surface area (Å²) in [7, 11) is -1.76. The minimum Gasteiger partial charge on any atom is -0.414 e. The first-order valence-corrected chi connectivity index (χ1v) is 14.2. The van der Waals surface area contributed by atoms with E-state index in [1.165, 1.54) is 49.7 Å². The predicted octanol–water partition coefficient (Wildman–Crippen LogP) is 6.68. The van der Waals surface area contributed by atoms with E-state index in [-0.39, 0.29) is 18.3 Å². The quantitative estimate of drug-likeness (QED) is 0.306. The van der Waals surface area contributed by atoms with Crippen LogP contribution in [0, 0.1) is 0 Å². The summed E-state index contributed by atoms with van der Waals surface area (Å²) in [5.74, 6) is 0. The molecule has 2 unspecified atom stereocenters. The highest BCUT2D eigenvalue weighted by atomic mass is 28.4. The molecule has 0 aromatic carbocycles. The fraction of sp³-hybridized carbons (Fsp3) is 0.909. The molecule has 1 aliphatic heterocycles. The molecule has 1 aliphatic carbocycles. The van der Waals surface area contributed by atoms with Crippen molar-refractivity contribution < 1.29 is 13.7 Å². The lowest BCUT2D eigenvalue weighted by Gasteiger charge is -2.34. The monoisotopic (exact) mass is 394 g/mol. The van der Waals surface area contributed by atoms with Crippen molar-refractivity contribution >= 4 is 15.4 Å². The molecule has 2 aliphatic rings. The maximum Gasteiger partial charge on any atom is 0.490 e. The average molecular weight is 394 g/mol. The first kappa shape index (κ1) is 23.2. The zero-order chi connectivity index (χ0) is 20.1. The van der Waals surface area contributed by atoms with Crippen molar-refractivity contribution in [2.24, 2.45) is 0 Å². The van der Waals surface area contributed by atoms with Crippen molar-refractivity contribution in [2.75, 3.05) is 0 Å². The summed E-state index contributed by atoms with van der Waals surface area (Å²) in [5, 5.41) is 0. The molecule has 156 valence electrons. The molecule has 0 spiro atoms. The fourth-order valence-electron chi connectivity index (χ4n) is 4.09. The zero-order valence-corrected chi connectivity index (χ0v) is 20.0. The Kier molecular flexibility index (Phi) is 8.24. The third-order valence-electron chi connectivity index (χ3n) is 6.77. The van der Waals surface area contributed by atoms with E-state index in [0.717, 1.165) is 19.3 Å². The Bertz CT molecular complexity index is 490. The topological polar surface area (TPSA) is 27.7 Å². The molecule has 1 saturated heterocycles.